The van der Waals surface area contributed by atoms with Gasteiger partial charge in [0.15, 0.2) is 5.17 Å². The Morgan fingerprint density at radius 3 is 2.72 bits per heavy atom. The minimum absolute atomic E-state index is 0.667. The van der Waals surface area contributed by atoms with Crippen molar-refractivity contribution in [1.82, 2.24) is 10.3 Å². The predicted molar refractivity (Wildman–Crippen MR) is 78.8 cm³/mol. The molecule has 1 aliphatic rings. The Morgan fingerprint density at radius 1 is 1.33 bits per heavy atom. The monoisotopic (exact) mass is 263 g/mol. The number of amidine groups is 1. The van der Waals surface area contributed by atoms with Crippen LogP contribution in [0.3, 0.4) is 0 Å². The Morgan fingerprint density at radius 2 is 2.06 bits per heavy atom. The first kappa shape index (κ1) is 13.4. The molecule has 0 aromatic carbocycles. The van der Waals surface area contributed by atoms with E-state index in [0.717, 1.165) is 24.2 Å². The molecule has 0 spiro atoms. The van der Waals surface area contributed by atoms with Crippen molar-refractivity contribution in [3.63, 3.8) is 0 Å². The van der Waals surface area contributed by atoms with Gasteiger partial charge in [0.2, 0.25) is 0 Å². The number of rotatable bonds is 5. The van der Waals surface area contributed by atoms with Crippen LogP contribution < -0.4 is 5.32 Å². The highest BCUT2D eigenvalue weighted by Crippen LogP contribution is 2.30. The highest BCUT2D eigenvalue weighted by molar-refractivity contribution is 8.14. The van der Waals surface area contributed by atoms with Crippen LogP contribution in [0.4, 0.5) is 0 Å². The minimum Gasteiger partial charge on any atom is -0.361 e. The molecule has 98 valence electrons. The van der Waals surface area contributed by atoms with E-state index in [1.54, 1.807) is 0 Å². The predicted octanol–water partition coefficient (Wildman–Crippen LogP) is 3.08. The summed E-state index contributed by atoms with van der Waals surface area (Å²) < 4.78 is 0. The number of nitrogens with one attached hydrogen (secondary N) is 1. The third-order valence-electron chi connectivity index (χ3n) is 3.45. The van der Waals surface area contributed by atoms with Crippen LogP contribution in [0.5, 0.6) is 0 Å². The van der Waals surface area contributed by atoms with Crippen LogP contribution in [-0.2, 0) is 6.54 Å². The van der Waals surface area contributed by atoms with Crippen molar-refractivity contribution < 1.29 is 0 Å². The van der Waals surface area contributed by atoms with Crippen LogP contribution in [-0.4, -0.2) is 21.9 Å². The summed E-state index contributed by atoms with van der Waals surface area (Å²) in [5.41, 5.74) is 1.25. The molecule has 1 aromatic rings. The highest BCUT2D eigenvalue weighted by atomic mass is 32.2. The summed E-state index contributed by atoms with van der Waals surface area (Å²) in [5, 5.41) is 5.18. The number of hydrogen-bond acceptors (Lipinski definition) is 4. The maximum atomic E-state index is 4.60. The topological polar surface area (TPSA) is 37.3 Å². The third-order valence-corrected chi connectivity index (χ3v) is 4.78. The molecular weight excluding hydrogens is 242 g/mol. The SMILES string of the molecule is CCC(CC)C1CN=C(NCc2ccncc2)S1. The van der Waals surface area contributed by atoms with E-state index in [0.29, 0.717) is 5.25 Å². The molecular formula is C14H21N3S. The molecule has 0 aliphatic carbocycles. The van der Waals surface area contributed by atoms with E-state index in [1.165, 1.54) is 18.4 Å². The zero-order valence-corrected chi connectivity index (χ0v) is 11.9. The molecule has 0 amide bonds. The van der Waals surface area contributed by atoms with E-state index in [-0.39, 0.29) is 0 Å². The molecule has 1 aromatic heterocycles. The fraction of sp³-hybridized carbons (Fsp3) is 0.571. The number of aromatic nitrogens is 1. The maximum absolute atomic E-state index is 4.60. The lowest BCUT2D eigenvalue weighted by Crippen LogP contribution is -2.21. The van der Waals surface area contributed by atoms with Gasteiger partial charge >= 0.3 is 0 Å². The molecule has 1 unspecified atom stereocenters. The van der Waals surface area contributed by atoms with Crippen LogP contribution in [0.15, 0.2) is 29.5 Å². The van der Waals surface area contributed by atoms with Gasteiger partial charge in [-0.2, -0.15) is 0 Å². The molecule has 4 heteroatoms. The Labute approximate surface area is 113 Å². The van der Waals surface area contributed by atoms with Gasteiger partial charge in [-0.1, -0.05) is 38.5 Å². The van der Waals surface area contributed by atoms with Crippen LogP contribution in [0.2, 0.25) is 0 Å². The number of thioether (sulfide) groups is 1. The van der Waals surface area contributed by atoms with Crippen LogP contribution in [0.1, 0.15) is 32.3 Å². The highest BCUT2D eigenvalue weighted by Gasteiger charge is 2.25. The van der Waals surface area contributed by atoms with Crippen molar-refractivity contribution in [1.29, 1.82) is 0 Å². The summed E-state index contributed by atoms with van der Waals surface area (Å²) in [6, 6.07) is 4.07. The molecule has 0 fully saturated rings. The summed E-state index contributed by atoms with van der Waals surface area (Å²) in [6.07, 6.45) is 6.16. The Kier molecular flexibility index (Phi) is 5.05. The zero-order valence-electron chi connectivity index (χ0n) is 11.1. The van der Waals surface area contributed by atoms with Gasteiger partial charge in [0.1, 0.15) is 0 Å². The summed E-state index contributed by atoms with van der Waals surface area (Å²) in [4.78, 5) is 8.62. The number of hydrogen-bond donors (Lipinski definition) is 1. The van der Waals surface area contributed by atoms with Crippen molar-refractivity contribution in [3.05, 3.63) is 30.1 Å². The third kappa shape index (κ3) is 3.48. The molecule has 0 saturated heterocycles. The van der Waals surface area contributed by atoms with Crippen molar-refractivity contribution >= 4 is 16.9 Å². The smallest absolute Gasteiger partial charge is 0.157 e. The molecule has 0 saturated carbocycles. The van der Waals surface area contributed by atoms with Gasteiger partial charge in [-0.05, 0) is 23.6 Å². The molecule has 0 bridgehead atoms. The van der Waals surface area contributed by atoms with Crippen LogP contribution >= 0.6 is 11.8 Å². The van der Waals surface area contributed by atoms with Gasteiger partial charge in [-0.3, -0.25) is 9.98 Å². The quantitative estimate of drug-likeness (QED) is 0.887. The summed E-state index contributed by atoms with van der Waals surface area (Å²) in [6.45, 7) is 6.36. The molecule has 1 atom stereocenters. The average Bonchev–Trinajstić information content (AvgIpc) is 2.88. The van der Waals surface area contributed by atoms with Gasteiger partial charge in [0, 0.05) is 24.2 Å². The maximum Gasteiger partial charge on any atom is 0.157 e. The van der Waals surface area contributed by atoms with Crippen LogP contribution in [0.25, 0.3) is 0 Å². The van der Waals surface area contributed by atoms with E-state index in [4.69, 9.17) is 0 Å². The molecule has 1 aliphatic heterocycles. The zero-order chi connectivity index (χ0) is 12.8. The lowest BCUT2D eigenvalue weighted by Gasteiger charge is -2.18. The normalized spacial score (nSPS) is 19.1. The second kappa shape index (κ2) is 6.78. The average molecular weight is 263 g/mol. The summed E-state index contributed by atoms with van der Waals surface area (Å²) in [5.74, 6) is 0.791. The minimum atomic E-state index is 0.667. The van der Waals surface area contributed by atoms with Gasteiger partial charge in [0.25, 0.3) is 0 Å². The number of nitrogens with zero attached hydrogens (tertiary/aromatic N) is 2. The lowest BCUT2D eigenvalue weighted by molar-refractivity contribution is 0.479. The van der Waals surface area contributed by atoms with Crippen molar-refractivity contribution in [2.75, 3.05) is 6.54 Å². The van der Waals surface area contributed by atoms with Gasteiger partial charge in [0.05, 0.1) is 6.54 Å². The Bertz CT molecular complexity index is 387. The van der Waals surface area contributed by atoms with Crippen molar-refractivity contribution in [3.8, 4) is 0 Å². The van der Waals surface area contributed by atoms with Gasteiger partial charge in [-0.25, -0.2) is 0 Å². The largest absolute Gasteiger partial charge is 0.361 e. The molecule has 1 N–H and O–H groups in total. The lowest BCUT2D eigenvalue weighted by atomic mass is 9.99. The van der Waals surface area contributed by atoms with E-state index >= 15 is 0 Å². The van der Waals surface area contributed by atoms with Gasteiger partial charge < -0.3 is 5.32 Å². The fourth-order valence-electron chi connectivity index (χ4n) is 2.23. The standard InChI is InChI=1S/C14H21N3S/c1-3-12(4-2)13-10-17-14(18-13)16-9-11-5-7-15-8-6-11/h5-8,12-13H,3-4,9-10H2,1-2H3,(H,16,17). The first-order valence-corrected chi connectivity index (χ1v) is 7.55. The number of aliphatic imine (C=N–C) groups is 1. The van der Waals surface area contributed by atoms with Gasteiger partial charge in [-0.15, -0.1) is 0 Å². The van der Waals surface area contributed by atoms with Crippen LogP contribution in [0, 0.1) is 5.92 Å². The van der Waals surface area contributed by atoms with E-state index in [9.17, 15) is 0 Å². The molecule has 0 radical (unpaired) electrons. The van der Waals surface area contributed by atoms with E-state index < -0.39 is 0 Å². The second-order valence-corrected chi connectivity index (χ2v) is 5.82. The Balaban J connectivity index is 1.79. The summed E-state index contributed by atoms with van der Waals surface area (Å²) >= 11 is 1.91. The molecule has 18 heavy (non-hydrogen) atoms. The van der Waals surface area contributed by atoms with Crippen molar-refractivity contribution in [2.45, 2.75) is 38.5 Å². The molecule has 3 nitrogen and oxygen atoms in total. The molecule has 2 heterocycles. The first-order valence-electron chi connectivity index (χ1n) is 6.67. The van der Waals surface area contributed by atoms with E-state index in [1.807, 2.05) is 36.3 Å². The Hall–Kier alpha value is -1.03. The molecule has 2 rings (SSSR count). The van der Waals surface area contributed by atoms with Crippen molar-refractivity contribution in [2.24, 2.45) is 10.9 Å². The second-order valence-electron chi connectivity index (χ2n) is 4.59. The fourth-order valence-corrected chi connectivity index (χ4v) is 3.54. The first-order chi connectivity index (χ1) is 8.83. The van der Waals surface area contributed by atoms with E-state index in [2.05, 4.69) is 29.1 Å². The number of pyridine rings is 1. The summed E-state index contributed by atoms with van der Waals surface area (Å²) in [7, 11) is 0.